The Balaban J connectivity index is 1.65. The van der Waals surface area contributed by atoms with Crippen molar-refractivity contribution in [2.24, 2.45) is 0 Å². The molecule has 0 spiro atoms. The lowest BCUT2D eigenvalue weighted by atomic mass is 10.3. The molecule has 9 heteroatoms. The van der Waals surface area contributed by atoms with Crippen LogP contribution >= 0.6 is 11.8 Å². The quantitative estimate of drug-likeness (QED) is 0.363. The van der Waals surface area contributed by atoms with Crippen molar-refractivity contribution in [2.75, 3.05) is 4.72 Å². The van der Waals surface area contributed by atoms with Crippen LogP contribution < -0.4 is 4.72 Å². The Morgan fingerprint density at radius 1 is 1.04 bits per heavy atom. The number of nitro benzene ring substituents is 1. The number of nitrogens with zero attached hydrogens (tertiary/aromatic N) is 2. The van der Waals surface area contributed by atoms with Gasteiger partial charge in [0.1, 0.15) is 0 Å². The van der Waals surface area contributed by atoms with Crippen molar-refractivity contribution in [1.82, 2.24) is 4.98 Å². The first-order valence-electron chi connectivity index (χ1n) is 7.83. The maximum atomic E-state index is 12.4. The number of nitro groups is 1. The molecule has 138 valence electrons. The average molecular weight is 401 g/mol. The molecular formula is C18H15N3O4S2. The van der Waals surface area contributed by atoms with Gasteiger partial charge in [0.15, 0.2) is 0 Å². The minimum Gasteiger partial charge on any atom is -0.280 e. The second-order valence-electron chi connectivity index (χ2n) is 5.53. The van der Waals surface area contributed by atoms with Crippen LogP contribution in [0.2, 0.25) is 0 Å². The van der Waals surface area contributed by atoms with Crippen molar-refractivity contribution < 1.29 is 13.3 Å². The minimum absolute atomic E-state index is 0.0388. The number of hydrogen-bond acceptors (Lipinski definition) is 6. The molecule has 1 heterocycles. The number of rotatable bonds is 7. The fourth-order valence-corrected chi connectivity index (χ4v) is 4.12. The van der Waals surface area contributed by atoms with E-state index < -0.39 is 14.9 Å². The van der Waals surface area contributed by atoms with E-state index in [-0.39, 0.29) is 10.6 Å². The summed E-state index contributed by atoms with van der Waals surface area (Å²) in [5.74, 6) is 0.766. The minimum atomic E-state index is -3.81. The fourth-order valence-electron chi connectivity index (χ4n) is 2.23. The highest BCUT2D eigenvalue weighted by Crippen LogP contribution is 2.25. The Kier molecular flexibility index (Phi) is 5.72. The summed E-state index contributed by atoms with van der Waals surface area (Å²) < 4.78 is 27.2. The number of anilines is 1. The van der Waals surface area contributed by atoms with Gasteiger partial charge in [-0.1, -0.05) is 6.07 Å². The van der Waals surface area contributed by atoms with Gasteiger partial charge in [-0.25, -0.2) is 8.42 Å². The molecule has 1 N–H and O–H groups in total. The summed E-state index contributed by atoms with van der Waals surface area (Å²) >= 11 is 1.62. The summed E-state index contributed by atoms with van der Waals surface area (Å²) in [6, 6.07) is 15.6. The third-order valence-electron chi connectivity index (χ3n) is 3.59. The van der Waals surface area contributed by atoms with E-state index in [4.69, 9.17) is 0 Å². The van der Waals surface area contributed by atoms with Gasteiger partial charge in [0.2, 0.25) is 0 Å². The van der Waals surface area contributed by atoms with E-state index in [2.05, 4.69) is 9.71 Å². The van der Waals surface area contributed by atoms with Crippen LogP contribution in [0, 0.1) is 10.1 Å². The van der Waals surface area contributed by atoms with E-state index in [1.54, 1.807) is 36.3 Å². The third kappa shape index (κ3) is 5.05. The molecule has 27 heavy (non-hydrogen) atoms. The molecule has 0 bridgehead atoms. The number of benzene rings is 2. The molecule has 0 unspecified atom stereocenters. The molecule has 3 rings (SSSR count). The van der Waals surface area contributed by atoms with Gasteiger partial charge in [-0.3, -0.25) is 19.8 Å². The maximum Gasteiger partial charge on any atom is 0.269 e. The lowest BCUT2D eigenvalue weighted by Gasteiger charge is -2.09. The summed E-state index contributed by atoms with van der Waals surface area (Å²) in [4.78, 5) is 15.1. The second kappa shape index (κ2) is 8.19. The van der Waals surface area contributed by atoms with Crippen LogP contribution in [-0.2, 0) is 15.8 Å². The van der Waals surface area contributed by atoms with Gasteiger partial charge < -0.3 is 0 Å². The molecule has 0 aliphatic heterocycles. The molecule has 0 aliphatic carbocycles. The predicted octanol–water partition coefficient (Wildman–Crippen LogP) is 4.08. The van der Waals surface area contributed by atoms with Crippen LogP contribution in [0.5, 0.6) is 0 Å². The summed E-state index contributed by atoms with van der Waals surface area (Å²) in [5, 5.41) is 10.7. The molecule has 0 saturated carbocycles. The fraction of sp³-hybridized carbons (Fsp3) is 0.0556. The van der Waals surface area contributed by atoms with Crippen LogP contribution in [0.1, 0.15) is 5.56 Å². The van der Waals surface area contributed by atoms with E-state index in [1.807, 2.05) is 24.3 Å². The van der Waals surface area contributed by atoms with Crippen molar-refractivity contribution in [3.63, 3.8) is 0 Å². The van der Waals surface area contributed by atoms with Crippen LogP contribution in [0.4, 0.5) is 11.4 Å². The zero-order valence-electron chi connectivity index (χ0n) is 14.0. The van der Waals surface area contributed by atoms with E-state index in [0.717, 1.165) is 28.3 Å². The van der Waals surface area contributed by atoms with E-state index in [9.17, 15) is 18.5 Å². The standard InChI is InChI=1S/C18H15N3O4S2/c22-21(23)16-5-9-18(10-6-16)27(24,25)20-15-3-7-17(8-4-15)26-13-14-2-1-11-19-12-14/h1-12,20H,13H2. The van der Waals surface area contributed by atoms with Crippen LogP contribution in [0.25, 0.3) is 0 Å². The first-order chi connectivity index (χ1) is 12.9. The van der Waals surface area contributed by atoms with E-state index >= 15 is 0 Å². The van der Waals surface area contributed by atoms with Gasteiger partial charge in [-0.15, -0.1) is 11.8 Å². The topological polar surface area (TPSA) is 102 Å². The lowest BCUT2D eigenvalue weighted by molar-refractivity contribution is -0.384. The molecular weight excluding hydrogens is 386 g/mol. The Morgan fingerprint density at radius 2 is 1.74 bits per heavy atom. The zero-order valence-corrected chi connectivity index (χ0v) is 15.6. The lowest BCUT2D eigenvalue weighted by Crippen LogP contribution is -2.12. The molecule has 0 amide bonds. The molecule has 2 aromatic carbocycles. The number of nitrogens with one attached hydrogen (secondary N) is 1. The van der Waals surface area contributed by atoms with Gasteiger partial charge in [0, 0.05) is 40.9 Å². The Hall–Kier alpha value is -2.91. The maximum absolute atomic E-state index is 12.4. The van der Waals surface area contributed by atoms with Crippen molar-refractivity contribution in [1.29, 1.82) is 0 Å². The molecule has 0 radical (unpaired) electrons. The summed E-state index contributed by atoms with van der Waals surface area (Å²) in [6.07, 6.45) is 3.53. The molecule has 1 aromatic heterocycles. The molecule has 3 aromatic rings. The predicted molar refractivity (Wildman–Crippen MR) is 104 cm³/mol. The molecule has 7 nitrogen and oxygen atoms in total. The van der Waals surface area contributed by atoms with Crippen molar-refractivity contribution in [3.05, 3.63) is 88.7 Å². The van der Waals surface area contributed by atoms with Gasteiger partial charge in [0.25, 0.3) is 15.7 Å². The molecule has 0 aliphatic rings. The normalized spacial score (nSPS) is 11.1. The molecule has 0 saturated heterocycles. The molecule has 0 atom stereocenters. The number of sulfonamides is 1. The average Bonchev–Trinajstić information content (AvgIpc) is 2.68. The van der Waals surface area contributed by atoms with Crippen molar-refractivity contribution in [3.8, 4) is 0 Å². The van der Waals surface area contributed by atoms with Gasteiger partial charge in [0.05, 0.1) is 9.82 Å². The first-order valence-corrected chi connectivity index (χ1v) is 10.3. The van der Waals surface area contributed by atoms with Gasteiger partial charge in [-0.2, -0.15) is 0 Å². The number of thioether (sulfide) groups is 1. The number of pyridine rings is 1. The highest BCUT2D eigenvalue weighted by molar-refractivity contribution is 7.98. The Labute approximate surface area is 160 Å². The summed E-state index contributed by atoms with van der Waals surface area (Å²) in [5.41, 5.74) is 1.36. The Bertz CT molecular complexity index is 1020. The van der Waals surface area contributed by atoms with Crippen LogP contribution in [0.15, 0.2) is 82.8 Å². The van der Waals surface area contributed by atoms with Crippen molar-refractivity contribution in [2.45, 2.75) is 15.5 Å². The summed E-state index contributed by atoms with van der Waals surface area (Å²) in [6.45, 7) is 0. The third-order valence-corrected chi connectivity index (χ3v) is 6.07. The number of non-ortho nitro benzene ring substituents is 1. The second-order valence-corrected chi connectivity index (χ2v) is 8.26. The first kappa shape index (κ1) is 18.9. The number of hydrogen-bond donors (Lipinski definition) is 1. The van der Waals surface area contributed by atoms with Gasteiger partial charge >= 0.3 is 0 Å². The largest absolute Gasteiger partial charge is 0.280 e. The monoisotopic (exact) mass is 401 g/mol. The SMILES string of the molecule is O=[N+]([O-])c1ccc(S(=O)(=O)Nc2ccc(SCc3cccnc3)cc2)cc1. The zero-order chi connectivity index (χ0) is 19.3. The smallest absolute Gasteiger partial charge is 0.269 e. The number of aromatic nitrogens is 1. The van der Waals surface area contributed by atoms with Crippen LogP contribution in [-0.4, -0.2) is 18.3 Å². The molecule has 0 fully saturated rings. The van der Waals surface area contributed by atoms with Gasteiger partial charge in [-0.05, 0) is 48.0 Å². The highest BCUT2D eigenvalue weighted by atomic mass is 32.2. The van der Waals surface area contributed by atoms with Crippen molar-refractivity contribution >= 4 is 33.2 Å². The summed E-state index contributed by atoms with van der Waals surface area (Å²) in [7, 11) is -3.81. The van der Waals surface area contributed by atoms with E-state index in [1.165, 1.54) is 12.1 Å². The highest BCUT2D eigenvalue weighted by Gasteiger charge is 2.16. The van der Waals surface area contributed by atoms with E-state index in [0.29, 0.717) is 5.69 Å². The van der Waals surface area contributed by atoms with Crippen LogP contribution in [0.3, 0.4) is 0 Å². The Morgan fingerprint density at radius 3 is 2.33 bits per heavy atom.